The topological polar surface area (TPSA) is 56.7 Å². The van der Waals surface area contributed by atoms with E-state index >= 15 is 0 Å². The normalized spacial score (nSPS) is 12.7. The van der Waals surface area contributed by atoms with Crippen LogP contribution in [0, 0.1) is 9.39 Å². The van der Waals surface area contributed by atoms with Crippen LogP contribution in [0.5, 0.6) is 0 Å². The highest BCUT2D eigenvalue weighted by atomic mass is 127. The van der Waals surface area contributed by atoms with Crippen LogP contribution in [0.1, 0.15) is 17.3 Å². The van der Waals surface area contributed by atoms with Crippen molar-refractivity contribution in [3.8, 4) is 0 Å². The third-order valence-electron chi connectivity index (χ3n) is 2.44. The summed E-state index contributed by atoms with van der Waals surface area (Å²) in [7, 11) is 1.81. The maximum absolute atomic E-state index is 13.0. The summed E-state index contributed by atoms with van der Waals surface area (Å²) in [6, 6.07) is 4.43. The summed E-state index contributed by atoms with van der Waals surface area (Å²) >= 11 is 2.09. The summed E-state index contributed by atoms with van der Waals surface area (Å²) < 4.78 is 15.4. The van der Waals surface area contributed by atoms with E-state index in [0.717, 1.165) is 14.8 Å². The van der Waals surface area contributed by atoms with Gasteiger partial charge in [0.05, 0.1) is 5.69 Å². The standard InChI is InChI=1S/C11H12FIN4/c1-17-6-8(15-16-17)5-11(14)9-3-2-7(12)4-10(9)13/h2-4,6,11H,5,14H2,1H3. The highest BCUT2D eigenvalue weighted by Gasteiger charge is 2.13. The van der Waals surface area contributed by atoms with Gasteiger partial charge in [0, 0.05) is 29.3 Å². The van der Waals surface area contributed by atoms with Gasteiger partial charge in [0.25, 0.3) is 0 Å². The number of nitrogens with zero attached hydrogens (tertiary/aromatic N) is 3. The molecule has 1 aromatic heterocycles. The van der Waals surface area contributed by atoms with Crippen molar-refractivity contribution in [3.63, 3.8) is 0 Å². The Hall–Kier alpha value is -1.02. The average Bonchev–Trinajstić information content (AvgIpc) is 2.63. The van der Waals surface area contributed by atoms with Gasteiger partial charge < -0.3 is 5.73 Å². The summed E-state index contributed by atoms with van der Waals surface area (Å²) in [5, 5.41) is 7.83. The van der Waals surface area contributed by atoms with Gasteiger partial charge in [-0.25, -0.2) is 4.39 Å². The molecule has 1 unspecified atom stereocenters. The van der Waals surface area contributed by atoms with Crippen LogP contribution in [0.25, 0.3) is 0 Å². The van der Waals surface area contributed by atoms with Gasteiger partial charge >= 0.3 is 0 Å². The molecule has 2 aromatic rings. The van der Waals surface area contributed by atoms with E-state index in [1.807, 2.05) is 13.2 Å². The van der Waals surface area contributed by atoms with Crippen molar-refractivity contribution in [2.75, 3.05) is 0 Å². The first-order valence-corrected chi connectivity index (χ1v) is 6.20. The molecular weight excluding hydrogens is 334 g/mol. The molecule has 0 aliphatic rings. The molecule has 0 aliphatic carbocycles. The monoisotopic (exact) mass is 346 g/mol. The lowest BCUT2D eigenvalue weighted by Crippen LogP contribution is -2.15. The molecule has 17 heavy (non-hydrogen) atoms. The second kappa shape index (κ2) is 5.09. The van der Waals surface area contributed by atoms with E-state index in [1.165, 1.54) is 12.1 Å². The summed E-state index contributed by atoms with van der Waals surface area (Å²) in [6.45, 7) is 0. The Bertz CT molecular complexity index is 526. The van der Waals surface area contributed by atoms with E-state index in [0.29, 0.717) is 6.42 Å². The molecule has 2 rings (SSSR count). The van der Waals surface area contributed by atoms with Crippen LogP contribution >= 0.6 is 22.6 Å². The number of aryl methyl sites for hydroxylation is 1. The molecule has 1 aromatic carbocycles. The SMILES string of the molecule is Cn1cc(CC(N)c2ccc(F)cc2I)nn1. The first-order valence-electron chi connectivity index (χ1n) is 5.12. The van der Waals surface area contributed by atoms with Crippen molar-refractivity contribution in [1.82, 2.24) is 15.0 Å². The third kappa shape index (κ3) is 3.01. The van der Waals surface area contributed by atoms with Crippen molar-refractivity contribution in [2.45, 2.75) is 12.5 Å². The fraction of sp³-hybridized carbons (Fsp3) is 0.273. The molecule has 0 bridgehead atoms. The largest absolute Gasteiger partial charge is 0.324 e. The van der Waals surface area contributed by atoms with Gasteiger partial charge in [-0.05, 0) is 40.3 Å². The average molecular weight is 346 g/mol. The van der Waals surface area contributed by atoms with Crippen LogP contribution in [-0.2, 0) is 13.5 Å². The summed E-state index contributed by atoms with van der Waals surface area (Å²) in [6.07, 6.45) is 2.42. The molecule has 0 saturated heterocycles. The van der Waals surface area contributed by atoms with Crippen molar-refractivity contribution in [2.24, 2.45) is 12.8 Å². The highest BCUT2D eigenvalue weighted by molar-refractivity contribution is 14.1. The summed E-state index contributed by atoms with van der Waals surface area (Å²) in [5.74, 6) is -0.246. The Labute approximate surface area is 112 Å². The van der Waals surface area contributed by atoms with E-state index in [-0.39, 0.29) is 11.9 Å². The van der Waals surface area contributed by atoms with Crippen LogP contribution in [0.3, 0.4) is 0 Å². The van der Waals surface area contributed by atoms with E-state index in [2.05, 4.69) is 32.9 Å². The minimum absolute atomic E-state index is 0.195. The van der Waals surface area contributed by atoms with Crippen molar-refractivity contribution < 1.29 is 4.39 Å². The number of nitrogens with two attached hydrogens (primary N) is 1. The van der Waals surface area contributed by atoms with Crippen LogP contribution in [0.4, 0.5) is 4.39 Å². The fourth-order valence-electron chi connectivity index (χ4n) is 1.63. The summed E-state index contributed by atoms with van der Waals surface area (Å²) in [5.41, 5.74) is 7.84. The fourth-order valence-corrected chi connectivity index (χ4v) is 2.50. The number of rotatable bonds is 3. The quantitative estimate of drug-likeness (QED) is 0.863. The maximum Gasteiger partial charge on any atom is 0.124 e. The minimum atomic E-state index is -0.246. The Kier molecular flexibility index (Phi) is 3.72. The van der Waals surface area contributed by atoms with Crippen LogP contribution < -0.4 is 5.73 Å². The summed E-state index contributed by atoms with van der Waals surface area (Å²) in [4.78, 5) is 0. The second-order valence-corrected chi connectivity index (χ2v) is 5.02. The van der Waals surface area contributed by atoms with E-state index < -0.39 is 0 Å². The lowest BCUT2D eigenvalue weighted by molar-refractivity contribution is 0.622. The lowest BCUT2D eigenvalue weighted by Gasteiger charge is -2.12. The molecule has 0 saturated carbocycles. The van der Waals surface area contributed by atoms with Gasteiger partial charge in [0.2, 0.25) is 0 Å². The molecule has 2 N–H and O–H groups in total. The Morgan fingerprint density at radius 3 is 2.88 bits per heavy atom. The predicted octanol–water partition coefficient (Wildman–Crippen LogP) is 1.80. The van der Waals surface area contributed by atoms with Gasteiger partial charge in [-0.15, -0.1) is 5.10 Å². The van der Waals surface area contributed by atoms with Gasteiger partial charge in [-0.2, -0.15) is 0 Å². The molecule has 0 amide bonds. The number of halogens is 2. The van der Waals surface area contributed by atoms with Crippen LogP contribution in [0.15, 0.2) is 24.4 Å². The maximum atomic E-state index is 13.0. The van der Waals surface area contributed by atoms with E-state index in [1.54, 1.807) is 10.7 Å². The zero-order chi connectivity index (χ0) is 12.4. The zero-order valence-electron chi connectivity index (χ0n) is 9.27. The highest BCUT2D eigenvalue weighted by Crippen LogP contribution is 2.21. The van der Waals surface area contributed by atoms with Crippen LogP contribution in [-0.4, -0.2) is 15.0 Å². The number of benzene rings is 1. The van der Waals surface area contributed by atoms with Gasteiger partial charge in [0.1, 0.15) is 5.82 Å². The Balaban J connectivity index is 2.17. The molecule has 1 atom stereocenters. The zero-order valence-corrected chi connectivity index (χ0v) is 11.4. The van der Waals surface area contributed by atoms with Gasteiger partial charge in [-0.1, -0.05) is 11.3 Å². The van der Waals surface area contributed by atoms with Crippen molar-refractivity contribution >= 4 is 22.6 Å². The molecular formula is C11H12FIN4. The van der Waals surface area contributed by atoms with Gasteiger partial charge in [0.15, 0.2) is 0 Å². The van der Waals surface area contributed by atoms with Crippen molar-refractivity contribution in [3.05, 3.63) is 45.0 Å². The lowest BCUT2D eigenvalue weighted by atomic mass is 10.0. The number of hydrogen-bond acceptors (Lipinski definition) is 3. The van der Waals surface area contributed by atoms with E-state index in [4.69, 9.17) is 5.73 Å². The molecule has 0 radical (unpaired) electrons. The van der Waals surface area contributed by atoms with Crippen molar-refractivity contribution in [1.29, 1.82) is 0 Å². The molecule has 4 nitrogen and oxygen atoms in total. The van der Waals surface area contributed by atoms with Crippen LogP contribution in [0.2, 0.25) is 0 Å². The molecule has 6 heteroatoms. The number of aromatic nitrogens is 3. The molecule has 90 valence electrons. The molecule has 0 fully saturated rings. The molecule has 0 aliphatic heterocycles. The third-order valence-corrected chi connectivity index (χ3v) is 3.38. The molecule has 1 heterocycles. The first kappa shape index (κ1) is 12.4. The van der Waals surface area contributed by atoms with Gasteiger partial charge in [-0.3, -0.25) is 4.68 Å². The minimum Gasteiger partial charge on any atom is -0.324 e. The smallest absolute Gasteiger partial charge is 0.124 e. The predicted molar refractivity (Wildman–Crippen MR) is 70.8 cm³/mol. The number of hydrogen-bond donors (Lipinski definition) is 1. The Morgan fingerprint density at radius 2 is 2.29 bits per heavy atom. The van der Waals surface area contributed by atoms with E-state index in [9.17, 15) is 4.39 Å². The molecule has 0 spiro atoms. The first-order chi connectivity index (χ1) is 8.06. The second-order valence-electron chi connectivity index (χ2n) is 3.86. The Morgan fingerprint density at radius 1 is 1.53 bits per heavy atom.